The van der Waals surface area contributed by atoms with Gasteiger partial charge in [0.2, 0.25) is 0 Å². The Bertz CT molecular complexity index is 616. The van der Waals surface area contributed by atoms with Crippen LogP contribution < -0.4 is 0 Å². The molecule has 6 nitrogen and oxygen atoms in total. The summed E-state index contributed by atoms with van der Waals surface area (Å²) in [6.07, 6.45) is -0.120. The van der Waals surface area contributed by atoms with Crippen LogP contribution in [0.5, 0.6) is 0 Å². The summed E-state index contributed by atoms with van der Waals surface area (Å²) in [4.78, 5) is 10.7. The van der Waals surface area contributed by atoms with Crippen molar-refractivity contribution in [2.75, 3.05) is 0 Å². The van der Waals surface area contributed by atoms with Crippen molar-refractivity contribution in [1.82, 2.24) is 20.2 Å². The van der Waals surface area contributed by atoms with E-state index in [9.17, 15) is 9.18 Å². The number of benzene rings is 1. The van der Waals surface area contributed by atoms with Crippen molar-refractivity contribution in [2.24, 2.45) is 0 Å². The molecule has 1 aromatic heterocycles. The molecule has 0 saturated heterocycles. The topological polar surface area (TPSA) is 80.9 Å². The van der Waals surface area contributed by atoms with Gasteiger partial charge in [0.15, 0.2) is 5.82 Å². The molecule has 0 spiro atoms. The molecule has 0 aliphatic rings. The van der Waals surface area contributed by atoms with Crippen LogP contribution >= 0.6 is 15.9 Å². The second-order valence-electron chi connectivity index (χ2n) is 4.02. The number of carboxylic acids is 1. The third-order valence-electron chi connectivity index (χ3n) is 2.55. The summed E-state index contributed by atoms with van der Waals surface area (Å²) in [5.41, 5.74) is 0.474. The van der Waals surface area contributed by atoms with E-state index < -0.39 is 17.8 Å². The zero-order valence-corrected chi connectivity index (χ0v) is 11.5. The summed E-state index contributed by atoms with van der Waals surface area (Å²) in [6, 6.07) is 3.71. The van der Waals surface area contributed by atoms with Gasteiger partial charge in [0.1, 0.15) is 5.82 Å². The maximum atomic E-state index is 13.3. The van der Waals surface area contributed by atoms with Gasteiger partial charge in [-0.1, -0.05) is 15.9 Å². The van der Waals surface area contributed by atoms with Crippen LogP contribution in [0.2, 0.25) is 0 Å². The molecular weight excluding hydrogens is 319 g/mol. The maximum Gasteiger partial charge on any atom is 0.305 e. The first-order valence-electron chi connectivity index (χ1n) is 5.44. The van der Waals surface area contributed by atoms with E-state index in [1.165, 1.54) is 16.8 Å². The van der Waals surface area contributed by atoms with Gasteiger partial charge in [0, 0.05) is 10.0 Å². The first-order chi connectivity index (χ1) is 8.99. The first kappa shape index (κ1) is 13.6. The van der Waals surface area contributed by atoms with E-state index in [0.29, 0.717) is 15.9 Å². The lowest BCUT2D eigenvalue weighted by Crippen LogP contribution is -2.13. The van der Waals surface area contributed by atoms with Crippen LogP contribution in [0.4, 0.5) is 4.39 Å². The Morgan fingerprint density at radius 3 is 3.00 bits per heavy atom. The van der Waals surface area contributed by atoms with Gasteiger partial charge in [-0.2, -0.15) is 0 Å². The highest BCUT2D eigenvalue weighted by Crippen LogP contribution is 2.28. The second kappa shape index (κ2) is 5.43. The van der Waals surface area contributed by atoms with Crippen LogP contribution in [0.1, 0.15) is 19.4 Å². The normalized spacial score (nSPS) is 12.4. The number of rotatable bonds is 4. The number of nitrogens with zero attached hydrogens (tertiary/aromatic N) is 4. The summed E-state index contributed by atoms with van der Waals surface area (Å²) in [6.45, 7) is 1.68. The molecule has 0 aliphatic carbocycles. The quantitative estimate of drug-likeness (QED) is 0.931. The third kappa shape index (κ3) is 2.95. The molecule has 1 unspecified atom stereocenters. The highest BCUT2D eigenvalue weighted by Gasteiger charge is 2.19. The van der Waals surface area contributed by atoms with Crippen LogP contribution in [-0.2, 0) is 4.79 Å². The van der Waals surface area contributed by atoms with Crippen molar-refractivity contribution < 1.29 is 14.3 Å². The number of hydrogen-bond acceptors (Lipinski definition) is 4. The van der Waals surface area contributed by atoms with Crippen molar-refractivity contribution in [1.29, 1.82) is 0 Å². The van der Waals surface area contributed by atoms with Gasteiger partial charge < -0.3 is 5.11 Å². The van der Waals surface area contributed by atoms with E-state index in [1.54, 1.807) is 13.0 Å². The lowest BCUT2D eigenvalue weighted by atomic mass is 10.2. The minimum absolute atomic E-state index is 0.120. The molecule has 0 aliphatic heterocycles. The molecular formula is C11H10BrFN4O2. The van der Waals surface area contributed by atoms with Gasteiger partial charge in [-0.25, -0.2) is 9.07 Å². The van der Waals surface area contributed by atoms with Crippen molar-refractivity contribution >= 4 is 21.9 Å². The molecule has 1 aromatic carbocycles. The Morgan fingerprint density at radius 1 is 1.58 bits per heavy atom. The average Bonchev–Trinajstić information content (AvgIpc) is 2.80. The van der Waals surface area contributed by atoms with Gasteiger partial charge in [-0.15, -0.1) is 5.10 Å². The number of aromatic nitrogens is 4. The molecule has 1 atom stereocenters. The summed E-state index contributed by atoms with van der Waals surface area (Å²) in [5, 5.41) is 19.9. The largest absolute Gasteiger partial charge is 0.481 e. The molecule has 0 saturated carbocycles. The molecule has 8 heteroatoms. The molecule has 1 heterocycles. The summed E-state index contributed by atoms with van der Waals surface area (Å²) < 4.78 is 15.3. The average molecular weight is 329 g/mol. The van der Waals surface area contributed by atoms with Gasteiger partial charge in [-0.05, 0) is 35.5 Å². The number of hydrogen-bond donors (Lipinski definition) is 1. The molecule has 2 rings (SSSR count). The van der Waals surface area contributed by atoms with E-state index in [-0.39, 0.29) is 6.42 Å². The summed E-state index contributed by atoms with van der Waals surface area (Å²) in [5.74, 6) is -1.05. The minimum Gasteiger partial charge on any atom is -0.481 e. The number of carbonyl (C=O) groups is 1. The molecule has 2 aromatic rings. The maximum absolute atomic E-state index is 13.3. The fourth-order valence-corrected chi connectivity index (χ4v) is 2.10. The Kier molecular flexibility index (Phi) is 3.89. The van der Waals surface area contributed by atoms with E-state index in [1.807, 2.05) is 0 Å². The van der Waals surface area contributed by atoms with Crippen LogP contribution in [0.25, 0.3) is 11.4 Å². The predicted octanol–water partition coefficient (Wildman–Crippen LogP) is 2.28. The van der Waals surface area contributed by atoms with Crippen LogP contribution in [0.15, 0.2) is 22.7 Å². The van der Waals surface area contributed by atoms with E-state index in [4.69, 9.17) is 5.11 Å². The Hall–Kier alpha value is -1.83. The zero-order chi connectivity index (χ0) is 14.0. The van der Waals surface area contributed by atoms with Crippen LogP contribution in [0.3, 0.4) is 0 Å². The van der Waals surface area contributed by atoms with Crippen molar-refractivity contribution in [3.63, 3.8) is 0 Å². The summed E-state index contributed by atoms with van der Waals surface area (Å²) in [7, 11) is 0. The number of halogens is 2. The third-order valence-corrected chi connectivity index (χ3v) is 3.24. The molecule has 100 valence electrons. The first-order valence-corrected chi connectivity index (χ1v) is 6.23. The van der Waals surface area contributed by atoms with Crippen LogP contribution in [0, 0.1) is 5.82 Å². The number of tetrazole rings is 1. The molecule has 1 N–H and O–H groups in total. The second-order valence-corrected chi connectivity index (χ2v) is 4.87. The van der Waals surface area contributed by atoms with Gasteiger partial charge >= 0.3 is 5.97 Å². The smallest absolute Gasteiger partial charge is 0.305 e. The lowest BCUT2D eigenvalue weighted by Gasteiger charge is -2.11. The van der Waals surface area contributed by atoms with Gasteiger partial charge in [0.05, 0.1) is 12.5 Å². The van der Waals surface area contributed by atoms with Crippen molar-refractivity contribution in [3.05, 3.63) is 28.5 Å². The van der Waals surface area contributed by atoms with Crippen molar-refractivity contribution in [3.8, 4) is 11.4 Å². The Labute approximate surface area is 116 Å². The standard InChI is InChI=1S/C11H10BrFN4O2/c1-6(4-10(18)19)17-11(14-15-16-17)8-5-7(13)2-3-9(8)12/h2-3,5-6H,4H2,1H3,(H,18,19). The van der Waals surface area contributed by atoms with Gasteiger partial charge in [0.25, 0.3) is 0 Å². The zero-order valence-electron chi connectivity index (χ0n) is 9.92. The minimum atomic E-state index is -0.952. The molecule has 0 radical (unpaired) electrons. The van der Waals surface area contributed by atoms with E-state index in [2.05, 4.69) is 31.5 Å². The summed E-state index contributed by atoms with van der Waals surface area (Å²) >= 11 is 3.29. The monoisotopic (exact) mass is 328 g/mol. The van der Waals surface area contributed by atoms with Gasteiger partial charge in [-0.3, -0.25) is 4.79 Å². The predicted molar refractivity (Wildman–Crippen MR) is 67.9 cm³/mol. The van der Waals surface area contributed by atoms with Crippen LogP contribution in [-0.4, -0.2) is 31.3 Å². The molecule has 0 fully saturated rings. The number of carboxylic acid groups (broad SMARTS) is 1. The fraction of sp³-hybridized carbons (Fsp3) is 0.273. The molecule has 19 heavy (non-hydrogen) atoms. The SMILES string of the molecule is CC(CC(=O)O)n1nnnc1-c1cc(F)ccc1Br. The van der Waals surface area contributed by atoms with E-state index >= 15 is 0 Å². The highest BCUT2D eigenvalue weighted by molar-refractivity contribution is 9.10. The highest BCUT2D eigenvalue weighted by atomic mass is 79.9. The fourth-order valence-electron chi connectivity index (χ4n) is 1.68. The lowest BCUT2D eigenvalue weighted by molar-refractivity contribution is -0.137. The Balaban J connectivity index is 2.44. The van der Waals surface area contributed by atoms with E-state index in [0.717, 1.165) is 0 Å². The molecule has 0 bridgehead atoms. The van der Waals surface area contributed by atoms with Crippen molar-refractivity contribution in [2.45, 2.75) is 19.4 Å². The molecule has 0 amide bonds. The Morgan fingerprint density at radius 2 is 2.32 bits per heavy atom. The number of aliphatic carboxylic acids is 1.